The van der Waals surface area contributed by atoms with Gasteiger partial charge in [-0.3, -0.25) is 9.59 Å². The summed E-state index contributed by atoms with van der Waals surface area (Å²) in [4.78, 5) is 29.8. The number of amides is 2. The zero-order chi connectivity index (χ0) is 33.5. The van der Waals surface area contributed by atoms with Crippen LogP contribution in [0.1, 0.15) is 17.5 Å². The molecule has 0 bridgehead atoms. The van der Waals surface area contributed by atoms with Crippen LogP contribution in [0.3, 0.4) is 0 Å². The van der Waals surface area contributed by atoms with Crippen molar-refractivity contribution in [3.05, 3.63) is 71.8 Å². The number of rotatable bonds is 10. The van der Waals surface area contributed by atoms with E-state index in [1.54, 1.807) is 76.8 Å². The summed E-state index contributed by atoms with van der Waals surface area (Å²) >= 11 is 0. The van der Waals surface area contributed by atoms with E-state index in [1.807, 2.05) is 48.5 Å². The molecule has 1 saturated heterocycles. The lowest BCUT2D eigenvalue weighted by Crippen LogP contribution is -2.36. The van der Waals surface area contributed by atoms with Gasteiger partial charge < -0.3 is 38.2 Å². The van der Waals surface area contributed by atoms with Crippen molar-refractivity contribution in [2.45, 2.75) is 6.42 Å². The largest absolute Gasteiger partial charge is 0.493 e. The van der Waals surface area contributed by atoms with Crippen molar-refractivity contribution in [3.8, 4) is 34.5 Å². The monoisotopic (exact) mass is 640 g/mol. The van der Waals surface area contributed by atoms with Gasteiger partial charge in [0.1, 0.15) is 0 Å². The fourth-order valence-corrected chi connectivity index (χ4v) is 5.90. The van der Waals surface area contributed by atoms with Crippen LogP contribution in [0, 0.1) is 0 Å². The minimum absolute atomic E-state index is 0.0986. The van der Waals surface area contributed by atoms with Gasteiger partial charge >= 0.3 is 0 Å². The smallest absolute Gasteiger partial charge is 0.246 e. The van der Waals surface area contributed by atoms with E-state index >= 15 is 0 Å². The molecule has 0 unspecified atom stereocenters. The number of nitrogens with zero attached hydrogens (tertiary/aromatic N) is 2. The third-order valence-electron chi connectivity index (χ3n) is 8.29. The van der Waals surface area contributed by atoms with Crippen molar-refractivity contribution < 1.29 is 38.0 Å². The zero-order valence-corrected chi connectivity index (χ0v) is 27.6. The maximum absolute atomic E-state index is 13.1. The van der Waals surface area contributed by atoms with Gasteiger partial charge in [0.05, 0.1) is 42.7 Å². The average Bonchev–Trinajstić information content (AvgIpc) is 3.37. The predicted octanol–water partition coefficient (Wildman–Crippen LogP) is 5.83. The highest BCUT2D eigenvalue weighted by atomic mass is 16.5. The third kappa shape index (κ3) is 6.91. The standard InChI is InChI=1S/C37H40N2O8/c1-42-30-22-26-20-24(8-12-28(26)34(44-3)36(30)46-5)10-14-32(40)38-16-7-17-39(19-18-38)33(41)15-11-25-9-13-29-27(21-25)23-31(43-2)37(47-6)35(29)45-4/h8-15,20-23H,7,16-19H2,1-6H3/b14-10+,15-11+. The summed E-state index contributed by atoms with van der Waals surface area (Å²) in [5.74, 6) is 3.17. The van der Waals surface area contributed by atoms with Crippen molar-refractivity contribution in [1.82, 2.24) is 9.80 Å². The van der Waals surface area contributed by atoms with Crippen LogP contribution >= 0.6 is 0 Å². The van der Waals surface area contributed by atoms with Gasteiger partial charge in [-0.2, -0.15) is 0 Å². The number of methoxy groups -OCH3 is 6. The van der Waals surface area contributed by atoms with E-state index in [4.69, 9.17) is 28.4 Å². The van der Waals surface area contributed by atoms with Crippen LogP contribution in [0.2, 0.25) is 0 Å². The Bertz CT molecular complexity index is 1710. The molecule has 47 heavy (non-hydrogen) atoms. The van der Waals surface area contributed by atoms with E-state index in [0.717, 1.165) is 32.7 Å². The molecule has 0 spiro atoms. The van der Waals surface area contributed by atoms with Crippen molar-refractivity contribution in [2.24, 2.45) is 0 Å². The van der Waals surface area contributed by atoms with Crippen LogP contribution in [0.4, 0.5) is 0 Å². The SMILES string of the molecule is COc1cc2cc(/C=C/C(=O)N3CCCN(C(=O)/C=C/c4ccc5c(OC)c(OC)c(OC)cc5c4)CC3)ccc2c(OC)c1OC. The Morgan fingerprint density at radius 1 is 0.532 bits per heavy atom. The van der Waals surface area contributed by atoms with Gasteiger partial charge in [-0.25, -0.2) is 0 Å². The average molecular weight is 641 g/mol. The normalized spacial score (nSPS) is 13.7. The van der Waals surface area contributed by atoms with E-state index in [1.165, 1.54) is 0 Å². The molecule has 1 heterocycles. The lowest BCUT2D eigenvalue weighted by molar-refractivity contribution is -0.128. The lowest BCUT2D eigenvalue weighted by Gasteiger charge is -2.20. The summed E-state index contributed by atoms with van der Waals surface area (Å²) in [6.07, 6.45) is 7.44. The molecule has 10 nitrogen and oxygen atoms in total. The second kappa shape index (κ2) is 14.8. The Labute approximate surface area is 274 Å². The second-order valence-corrected chi connectivity index (χ2v) is 10.9. The van der Waals surface area contributed by atoms with E-state index < -0.39 is 0 Å². The summed E-state index contributed by atoms with van der Waals surface area (Å²) in [6, 6.07) is 15.4. The van der Waals surface area contributed by atoms with E-state index in [-0.39, 0.29) is 11.8 Å². The first kappa shape index (κ1) is 33.0. The predicted molar refractivity (Wildman–Crippen MR) is 183 cm³/mol. The molecule has 10 heteroatoms. The van der Waals surface area contributed by atoms with Crippen LogP contribution in [-0.2, 0) is 9.59 Å². The molecule has 0 atom stereocenters. The van der Waals surface area contributed by atoms with Gasteiger partial charge in [0, 0.05) is 49.1 Å². The Morgan fingerprint density at radius 2 is 0.936 bits per heavy atom. The summed E-state index contributed by atoms with van der Waals surface area (Å²) in [5, 5.41) is 3.55. The Kier molecular flexibility index (Phi) is 10.4. The quantitative estimate of drug-likeness (QED) is 0.200. The molecule has 0 aromatic heterocycles. The van der Waals surface area contributed by atoms with Crippen molar-refractivity contribution in [3.63, 3.8) is 0 Å². The van der Waals surface area contributed by atoms with E-state index in [9.17, 15) is 9.59 Å². The Morgan fingerprint density at radius 3 is 1.30 bits per heavy atom. The van der Waals surface area contributed by atoms with Crippen LogP contribution in [-0.4, -0.2) is 90.5 Å². The summed E-state index contributed by atoms with van der Waals surface area (Å²) in [6.45, 7) is 2.04. The molecular weight excluding hydrogens is 600 g/mol. The number of fused-ring (bicyclic) bond motifs is 2. The lowest BCUT2D eigenvalue weighted by atomic mass is 10.0. The number of carbonyl (C=O) groups is 2. The van der Waals surface area contributed by atoms with Gasteiger partial charge in [-0.1, -0.05) is 12.1 Å². The summed E-state index contributed by atoms with van der Waals surface area (Å²) in [5.41, 5.74) is 1.73. The highest BCUT2D eigenvalue weighted by Crippen LogP contribution is 2.44. The minimum atomic E-state index is -0.0986. The molecule has 4 aromatic carbocycles. The number of carbonyl (C=O) groups excluding carboxylic acids is 2. The first-order valence-corrected chi connectivity index (χ1v) is 15.2. The molecule has 0 N–H and O–H groups in total. The van der Waals surface area contributed by atoms with Crippen molar-refractivity contribution >= 4 is 45.5 Å². The number of benzene rings is 4. The van der Waals surface area contributed by atoms with E-state index in [2.05, 4.69) is 0 Å². The fraction of sp³-hybridized carbons (Fsp3) is 0.297. The first-order valence-electron chi connectivity index (χ1n) is 15.2. The van der Waals surface area contributed by atoms with Gasteiger partial charge in [0.15, 0.2) is 23.0 Å². The van der Waals surface area contributed by atoms with Gasteiger partial charge in [0.2, 0.25) is 23.3 Å². The van der Waals surface area contributed by atoms with Crippen LogP contribution in [0.5, 0.6) is 34.5 Å². The van der Waals surface area contributed by atoms with Crippen LogP contribution < -0.4 is 28.4 Å². The van der Waals surface area contributed by atoms with Crippen LogP contribution in [0.15, 0.2) is 60.7 Å². The maximum atomic E-state index is 13.1. The van der Waals surface area contributed by atoms with Crippen molar-refractivity contribution in [2.75, 3.05) is 68.8 Å². The third-order valence-corrected chi connectivity index (χ3v) is 8.29. The Hall–Kier alpha value is -5.38. The fourth-order valence-electron chi connectivity index (χ4n) is 5.90. The molecule has 0 aliphatic carbocycles. The molecule has 2 amide bonds. The molecular formula is C37H40N2O8. The zero-order valence-electron chi connectivity index (χ0n) is 27.6. The molecule has 1 aliphatic heterocycles. The highest BCUT2D eigenvalue weighted by molar-refractivity contribution is 5.98. The minimum Gasteiger partial charge on any atom is -0.493 e. The molecule has 4 aromatic rings. The number of hydrogen-bond donors (Lipinski definition) is 0. The summed E-state index contributed by atoms with van der Waals surface area (Å²) < 4.78 is 33.1. The molecule has 0 saturated carbocycles. The van der Waals surface area contributed by atoms with Crippen molar-refractivity contribution in [1.29, 1.82) is 0 Å². The van der Waals surface area contributed by atoms with Gasteiger partial charge in [0.25, 0.3) is 0 Å². The molecule has 1 fully saturated rings. The molecule has 1 aliphatic rings. The summed E-state index contributed by atoms with van der Waals surface area (Å²) in [7, 11) is 9.49. The second-order valence-electron chi connectivity index (χ2n) is 10.9. The van der Waals surface area contributed by atoms with Gasteiger partial charge in [-0.15, -0.1) is 0 Å². The van der Waals surface area contributed by atoms with Gasteiger partial charge in [-0.05, 0) is 76.9 Å². The topological polar surface area (TPSA) is 96.0 Å². The maximum Gasteiger partial charge on any atom is 0.246 e. The molecule has 0 radical (unpaired) electrons. The molecule has 246 valence electrons. The number of ether oxygens (including phenoxy) is 6. The number of hydrogen-bond acceptors (Lipinski definition) is 8. The molecule has 5 rings (SSSR count). The highest BCUT2D eigenvalue weighted by Gasteiger charge is 2.21. The Balaban J connectivity index is 1.23. The van der Waals surface area contributed by atoms with Crippen LogP contribution in [0.25, 0.3) is 33.7 Å². The van der Waals surface area contributed by atoms with E-state index in [0.29, 0.717) is 67.1 Å². The first-order chi connectivity index (χ1) is 22.8.